The molecule has 82 valence electrons. The zero-order chi connectivity index (χ0) is 11.5. The summed E-state index contributed by atoms with van der Waals surface area (Å²) in [6.07, 6.45) is 2.18. The zero-order valence-corrected chi connectivity index (χ0v) is 8.81. The Labute approximate surface area is 93.9 Å². The van der Waals surface area contributed by atoms with Gasteiger partial charge >= 0.3 is 0 Å². The Morgan fingerprint density at radius 1 is 1.31 bits per heavy atom. The third kappa shape index (κ3) is 1.95. The molecule has 16 heavy (non-hydrogen) atoms. The first-order valence-corrected chi connectivity index (χ1v) is 5.07. The molecule has 0 fully saturated rings. The Morgan fingerprint density at radius 3 is 2.62 bits per heavy atom. The molecule has 0 spiro atoms. The molecule has 0 radical (unpaired) electrons. The number of carbonyl (C=O) groups is 1. The molecular weight excluding hydrogens is 202 g/mol. The molecule has 0 aromatic heterocycles. The highest BCUT2D eigenvalue weighted by atomic mass is 16.1. The number of para-hydroxylation sites is 1. The predicted octanol–water partition coefficient (Wildman–Crippen LogP) is 1.29. The third-order valence-corrected chi connectivity index (χ3v) is 2.58. The highest BCUT2D eigenvalue weighted by Crippen LogP contribution is 2.20. The van der Waals surface area contributed by atoms with Crippen molar-refractivity contribution < 1.29 is 4.79 Å². The van der Waals surface area contributed by atoms with Crippen LogP contribution >= 0.6 is 0 Å². The van der Waals surface area contributed by atoms with Gasteiger partial charge in [-0.25, -0.2) is 0 Å². The van der Waals surface area contributed by atoms with Gasteiger partial charge in [-0.2, -0.15) is 0 Å². The van der Waals surface area contributed by atoms with E-state index < -0.39 is 5.91 Å². The molecule has 0 unspecified atom stereocenters. The van der Waals surface area contributed by atoms with Gasteiger partial charge in [-0.15, -0.1) is 0 Å². The Hall–Kier alpha value is -2.10. The van der Waals surface area contributed by atoms with Crippen molar-refractivity contribution in [2.45, 2.75) is 6.42 Å². The van der Waals surface area contributed by atoms with Gasteiger partial charge in [0, 0.05) is 17.7 Å². The second-order valence-corrected chi connectivity index (χ2v) is 3.67. The number of amidine groups is 1. The maximum absolute atomic E-state index is 11.1. The van der Waals surface area contributed by atoms with Crippen molar-refractivity contribution in [2.24, 2.45) is 5.73 Å². The number of amides is 1. The van der Waals surface area contributed by atoms with Gasteiger partial charge in [-0.05, 0) is 12.1 Å². The molecule has 1 aromatic rings. The van der Waals surface area contributed by atoms with Crippen molar-refractivity contribution >= 4 is 17.4 Å². The standard InChI is InChI=1S/C12H13N3O/c13-11-7-6-9(12(14)16)8-15(11)10-4-2-1-3-5-10/h1-6,13H,7-8H2,(H2,14,16). The first-order valence-electron chi connectivity index (χ1n) is 5.07. The van der Waals surface area contributed by atoms with Gasteiger partial charge in [0.05, 0.1) is 6.54 Å². The van der Waals surface area contributed by atoms with Gasteiger partial charge in [0.15, 0.2) is 0 Å². The Morgan fingerprint density at radius 2 is 2.00 bits per heavy atom. The maximum atomic E-state index is 11.1. The normalized spacial score (nSPS) is 15.9. The minimum absolute atomic E-state index is 0.387. The van der Waals surface area contributed by atoms with Crippen molar-refractivity contribution in [1.82, 2.24) is 0 Å². The molecular formula is C12H13N3O. The van der Waals surface area contributed by atoms with Crippen molar-refractivity contribution in [3.63, 3.8) is 0 Å². The number of carbonyl (C=O) groups excluding carboxylic acids is 1. The van der Waals surface area contributed by atoms with Crippen molar-refractivity contribution in [3.8, 4) is 0 Å². The number of nitrogens with one attached hydrogen (secondary N) is 1. The predicted molar refractivity (Wildman–Crippen MR) is 63.4 cm³/mol. The van der Waals surface area contributed by atoms with Crippen LogP contribution in [0.5, 0.6) is 0 Å². The van der Waals surface area contributed by atoms with E-state index >= 15 is 0 Å². The van der Waals surface area contributed by atoms with E-state index in [4.69, 9.17) is 11.1 Å². The summed E-state index contributed by atoms with van der Waals surface area (Å²) in [6.45, 7) is 0.387. The maximum Gasteiger partial charge on any atom is 0.246 e. The average molecular weight is 215 g/mol. The lowest BCUT2D eigenvalue weighted by Gasteiger charge is -2.28. The van der Waals surface area contributed by atoms with Crippen LogP contribution in [0.2, 0.25) is 0 Å². The molecule has 1 heterocycles. The SMILES string of the molecule is N=C1CC=C(C(N)=O)CN1c1ccccc1. The number of hydrogen-bond acceptors (Lipinski definition) is 2. The van der Waals surface area contributed by atoms with Crippen molar-refractivity contribution in [2.75, 3.05) is 11.4 Å². The highest BCUT2D eigenvalue weighted by Gasteiger charge is 2.20. The van der Waals surface area contributed by atoms with Crippen LogP contribution in [0.25, 0.3) is 0 Å². The molecule has 3 N–H and O–H groups in total. The summed E-state index contributed by atoms with van der Waals surface area (Å²) >= 11 is 0. The Bertz CT molecular complexity index is 451. The van der Waals surface area contributed by atoms with Crippen LogP contribution in [0, 0.1) is 5.41 Å². The van der Waals surface area contributed by atoms with Gasteiger partial charge in [-0.3, -0.25) is 10.2 Å². The molecule has 0 atom stereocenters. The van der Waals surface area contributed by atoms with Gasteiger partial charge in [0.25, 0.3) is 0 Å². The topological polar surface area (TPSA) is 70.2 Å². The lowest BCUT2D eigenvalue weighted by Crippen LogP contribution is -2.38. The molecule has 1 amide bonds. The lowest BCUT2D eigenvalue weighted by atomic mass is 10.1. The number of nitrogens with two attached hydrogens (primary N) is 1. The molecule has 4 heteroatoms. The number of anilines is 1. The third-order valence-electron chi connectivity index (χ3n) is 2.58. The molecule has 1 aliphatic rings. The minimum Gasteiger partial charge on any atom is -0.366 e. The summed E-state index contributed by atoms with van der Waals surface area (Å²) in [5, 5.41) is 7.84. The molecule has 4 nitrogen and oxygen atoms in total. The van der Waals surface area contributed by atoms with Crippen LogP contribution in [0.3, 0.4) is 0 Å². The number of rotatable bonds is 2. The summed E-state index contributed by atoms with van der Waals surface area (Å²) in [5.74, 6) is 0.0737. The fourth-order valence-corrected chi connectivity index (χ4v) is 1.69. The smallest absolute Gasteiger partial charge is 0.246 e. The van der Waals surface area contributed by atoms with Gasteiger partial charge < -0.3 is 10.6 Å². The number of primary amides is 1. The summed E-state index contributed by atoms with van der Waals surface area (Å²) in [7, 11) is 0. The van der Waals surface area contributed by atoms with Crippen LogP contribution in [-0.4, -0.2) is 18.3 Å². The molecule has 1 aliphatic heterocycles. The molecule has 0 bridgehead atoms. The van der Waals surface area contributed by atoms with Crippen LogP contribution in [0.15, 0.2) is 42.0 Å². The second kappa shape index (κ2) is 4.18. The lowest BCUT2D eigenvalue weighted by molar-refractivity contribution is -0.114. The quantitative estimate of drug-likeness (QED) is 0.780. The van der Waals surface area contributed by atoms with Crippen LogP contribution in [-0.2, 0) is 4.79 Å². The summed E-state index contributed by atoms with van der Waals surface area (Å²) < 4.78 is 0. The molecule has 0 saturated carbocycles. The van der Waals surface area contributed by atoms with Gasteiger partial charge in [0.2, 0.25) is 5.91 Å². The number of nitrogens with zero attached hydrogens (tertiary/aromatic N) is 1. The van der Waals surface area contributed by atoms with E-state index in [0.29, 0.717) is 24.4 Å². The average Bonchev–Trinajstić information content (AvgIpc) is 2.30. The molecule has 0 saturated heterocycles. The van der Waals surface area contributed by atoms with Crippen LogP contribution in [0.1, 0.15) is 6.42 Å². The molecule has 0 aliphatic carbocycles. The number of hydrogen-bond donors (Lipinski definition) is 2. The van der Waals surface area contributed by atoms with Gasteiger partial charge in [-0.1, -0.05) is 24.3 Å². The summed E-state index contributed by atoms with van der Waals surface area (Å²) in [4.78, 5) is 12.9. The first-order chi connectivity index (χ1) is 7.68. The van der Waals surface area contributed by atoms with Crippen molar-refractivity contribution in [3.05, 3.63) is 42.0 Å². The second-order valence-electron chi connectivity index (χ2n) is 3.67. The fraction of sp³-hybridized carbons (Fsp3) is 0.167. The summed E-state index contributed by atoms with van der Waals surface area (Å²) in [5.41, 5.74) is 6.73. The minimum atomic E-state index is -0.409. The molecule has 1 aromatic carbocycles. The van der Waals surface area contributed by atoms with E-state index in [-0.39, 0.29) is 0 Å². The Kier molecular flexibility index (Phi) is 2.72. The van der Waals surface area contributed by atoms with Gasteiger partial charge in [0.1, 0.15) is 5.84 Å². The van der Waals surface area contributed by atoms with E-state index in [0.717, 1.165) is 5.69 Å². The molecule has 2 rings (SSSR count). The van der Waals surface area contributed by atoms with E-state index in [1.54, 1.807) is 11.0 Å². The van der Waals surface area contributed by atoms with E-state index in [1.165, 1.54) is 0 Å². The fourth-order valence-electron chi connectivity index (χ4n) is 1.69. The first kappa shape index (κ1) is 10.4. The van der Waals surface area contributed by atoms with E-state index in [1.807, 2.05) is 30.3 Å². The highest BCUT2D eigenvalue weighted by molar-refractivity contribution is 6.03. The Balaban J connectivity index is 2.27. The largest absolute Gasteiger partial charge is 0.366 e. The monoisotopic (exact) mass is 215 g/mol. The number of benzene rings is 1. The van der Waals surface area contributed by atoms with Crippen molar-refractivity contribution in [1.29, 1.82) is 5.41 Å². The summed E-state index contributed by atoms with van der Waals surface area (Å²) in [6, 6.07) is 9.56. The van der Waals surface area contributed by atoms with E-state index in [2.05, 4.69) is 0 Å². The van der Waals surface area contributed by atoms with Crippen LogP contribution < -0.4 is 10.6 Å². The van der Waals surface area contributed by atoms with Crippen LogP contribution in [0.4, 0.5) is 5.69 Å². The van der Waals surface area contributed by atoms with E-state index in [9.17, 15) is 4.79 Å². The zero-order valence-electron chi connectivity index (χ0n) is 8.81.